The molecule has 0 radical (unpaired) electrons. The molecule has 0 unspecified atom stereocenters. The molecule has 6 heteroatoms. The maximum absolute atomic E-state index is 9.47. The Labute approximate surface area is 86.0 Å². The fourth-order valence-corrected chi connectivity index (χ4v) is 1.93. The summed E-state index contributed by atoms with van der Waals surface area (Å²) in [4.78, 5) is 17.4. The van der Waals surface area contributed by atoms with E-state index in [9.17, 15) is 5.11 Å². The molecule has 1 atom stereocenters. The number of rotatable bonds is 1. The van der Waals surface area contributed by atoms with E-state index in [4.69, 9.17) is 0 Å². The van der Waals surface area contributed by atoms with Crippen molar-refractivity contribution in [3.63, 3.8) is 0 Å². The Balaban J connectivity index is 2.06. The van der Waals surface area contributed by atoms with Gasteiger partial charge in [-0.15, -0.1) is 0 Å². The quantitative estimate of drug-likeness (QED) is 0.681. The molecule has 78 valence electrons. The van der Waals surface area contributed by atoms with Crippen LogP contribution in [0.4, 0.5) is 5.82 Å². The maximum Gasteiger partial charge on any atom is 0.182 e. The van der Waals surface area contributed by atoms with Gasteiger partial charge in [-0.2, -0.15) is 0 Å². The predicted octanol–water partition coefficient (Wildman–Crippen LogP) is -0.0761. The second-order valence-electron chi connectivity index (χ2n) is 3.69. The topological polar surface area (TPSA) is 77.9 Å². The maximum atomic E-state index is 9.47. The number of aliphatic hydroxyl groups is 1. The Morgan fingerprint density at radius 1 is 1.40 bits per heavy atom. The van der Waals surface area contributed by atoms with Gasteiger partial charge in [-0.05, 0) is 6.42 Å². The smallest absolute Gasteiger partial charge is 0.182 e. The first-order chi connectivity index (χ1) is 7.34. The molecule has 3 rings (SSSR count). The van der Waals surface area contributed by atoms with Crippen LogP contribution in [0.1, 0.15) is 6.42 Å². The zero-order valence-corrected chi connectivity index (χ0v) is 8.09. The summed E-state index contributed by atoms with van der Waals surface area (Å²) in [6.45, 7) is 1.46. The highest BCUT2D eigenvalue weighted by molar-refractivity contribution is 5.82. The third-order valence-electron chi connectivity index (χ3n) is 2.67. The van der Waals surface area contributed by atoms with Crippen molar-refractivity contribution in [2.24, 2.45) is 0 Å². The van der Waals surface area contributed by atoms with Crippen molar-refractivity contribution in [1.82, 2.24) is 19.9 Å². The van der Waals surface area contributed by atoms with Gasteiger partial charge in [0, 0.05) is 13.1 Å². The van der Waals surface area contributed by atoms with Crippen molar-refractivity contribution in [1.29, 1.82) is 0 Å². The SMILES string of the molecule is O[C@H]1CCN(c2ncnc3nc[nH]c23)C1. The van der Waals surface area contributed by atoms with E-state index in [1.165, 1.54) is 6.33 Å². The Bertz CT molecular complexity index is 482. The number of hydrogen-bond donors (Lipinski definition) is 2. The molecule has 15 heavy (non-hydrogen) atoms. The van der Waals surface area contributed by atoms with E-state index in [2.05, 4.69) is 19.9 Å². The molecule has 2 aromatic rings. The second-order valence-corrected chi connectivity index (χ2v) is 3.69. The minimum absolute atomic E-state index is 0.252. The van der Waals surface area contributed by atoms with Gasteiger partial charge >= 0.3 is 0 Å². The molecule has 1 saturated heterocycles. The highest BCUT2D eigenvalue weighted by atomic mass is 16.3. The Hall–Kier alpha value is -1.69. The highest BCUT2D eigenvalue weighted by Gasteiger charge is 2.23. The Kier molecular flexibility index (Phi) is 1.81. The van der Waals surface area contributed by atoms with Crippen molar-refractivity contribution < 1.29 is 5.11 Å². The van der Waals surface area contributed by atoms with Crippen LogP contribution in [0.25, 0.3) is 11.2 Å². The fraction of sp³-hybridized carbons (Fsp3) is 0.444. The van der Waals surface area contributed by atoms with Gasteiger partial charge in [-0.1, -0.05) is 0 Å². The molecule has 0 aliphatic carbocycles. The minimum atomic E-state index is -0.252. The average molecular weight is 205 g/mol. The van der Waals surface area contributed by atoms with E-state index in [1.54, 1.807) is 6.33 Å². The number of fused-ring (bicyclic) bond motifs is 1. The molecule has 0 bridgehead atoms. The lowest BCUT2D eigenvalue weighted by atomic mass is 10.3. The lowest BCUT2D eigenvalue weighted by molar-refractivity contribution is 0.198. The van der Waals surface area contributed by atoms with E-state index >= 15 is 0 Å². The number of anilines is 1. The van der Waals surface area contributed by atoms with Crippen LogP contribution < -0.4 is 4.90 Å². The first kappa shape index (κ1) is 8.60. The molecule has 0 spiro atoms. The van der Waals surface area contributed by atoms with Crippen molar-refractivity contribution in [3.8, 4) is 0 Å². The van der Waals surface area contributed by atoms with Crippen molar-refractivity contribution in [2.75, 3.05) is 18.0 Å². The summed E-state index contributed by atoms with van der Waals surface area (Å²) < 4.78 is 0. The van der Waals surface area contributed by atoms with Gasteiger partial charge in [-0.3, -0.25) is 0 Å². The van der Waals surface area contributed by atoms with Crippen LogP contribution in [0.15, 0.2) is 12.7 Å². The third kappa shape index (κ3) is 1.33. The molecular formula is C9H11N5O. The van der Waals surface area contributed by atoms with E-state index in [-0.39, 0.29) is 6.10 Å². The van der Waals surface area contributed by atoms with Crippen LogP contribution >= 0.6 is 0 Å². The van der Waals surface area contributed by atoms with Gasteiger partial charge in [0.15, 0.2) is 11.5 Å². The van der Waals surface area contributed by atoms with Crippen LogP contribution in [0.2, 0.25) is 0 Å². The van der Waals surface area contributed by atoms with Crippen LogP contribution in [-0.2, 0) is 0 Å². The van der Waals surface area contributed by atoms with Crippen LogP contribution in [-0.4, -0.2) is 44.2 Å². The minimum Gasteiger partial charge on any atom is -0.391 e. The van der Waals surface area contributed by atoms with Crippen molar-refractivity contribution in [3.05, 3.63) is 12.7 Å². The lowest BCUT2D eigenvalue weighted by Gasteiger charge is -2.16. The molecular weight excluding hydrogens is 194 g/mol. The molecule has 0 aromatic carbocycles. The molecule has 1 aliphatic rings. The zero-order chi connectivity index (χ0) is 10.3. The number of hydrogen-bond acceptors (Lipinski definition) is 5. The van der Waals surface area contributed by atoms with Gasteiger partial charge in [0.1, 0.15) is 11.8 Å². The normalized spacial score (nSPS) is 21.4. The molecule has 1 fully saturated rings. The highest BCUT2D eigenvalue weighted by Crippen LogP contribution is 2.23. The van der Waals surface area contributed by atoms with E-state index in [0.717, 1.165) is 24.3 Å². The lowest BCUT2D eigenvalue weighted by Crippen LogP contribution is -2.22. The summed E-state index contributed by atoms with van der Waals surface area (Å²) in [7, 11) is 0. The second kappa shape index (κ2) is 3.16. The Morgan fingerprint density at radius 3 is 3.13 bits per heavy atom. The van der Waals surface area contributed by atoms with Crippen molar-refractivity contribution in [2.45, 2.75) is 12.5 Å². The Morgan fingerprint density at radius 2 is 2.33 bits per heavy atom. The average Bonchev–Trinajstić information content (AvgIpc) is 2.84. The summed E-state index contributed by atoms with van der Waals surface area (Å²) in [5.74, 6) is 0.828. The monoisotopic (exact) mass is 205 g/mol. The van der Waals surface area contributed by atoms with Crippen molar-refractivity contribution >= 4 is 17.0 Å². The fourth-order valence-electron chi connectivity index (χ4n) is 1.93. The van der Waals surface area contributed by atoms with Gasteiger partial charge < -0.3 is 15.0 Å². The van der Waals surface area contributed by atoms with Gasteiger partial charge in [0.05, 0.1) is 12.4 Å². The summed E-state index contributed by atoms with van der Waals surface area (Å²) in [5, 5.41) is 9.47. The summed E-state index contributed by atoms with van der Waals surface area (Å²) in [5.41, 5.74) is 1.51. The number of β-amino-alcohol motifs (C(OH)–C–C–N with tert-alkyl or cyclic N) is 1. The van der Waals surface area contributed by atoms with Gasteiger partial charge in [0.2, 0.25) is 0 Å². The number of aromatic nitrogens is 4. The molecule has 0 saturated carbocycles. The largest absolute Gasteiger partial charge is 0.391 e. The first-order valence-electron chi connectivity index (χ1n) is 4.91. The summed E-state index contributed by atoms with van der Waals surface area (Å²) in [6.07, 6.45) is 3.65. The standard InChI is InChI=1S/C9H11N5O/c15-6-1-2-14(3-6)9-7-8(11-4-10-7)12-5-13-9/h4-6,15H,1-3H2,(H,10,11,12,13)/t6-/m0/s1. The van der Waals surface area contributed by atoms with E-state index < -0.39 is 0 Å². The summed E-state index contributed by atoms with van der Waals surface area (Å²) >= 11 is 0. The molecule has 3 heterocycles. The van der Waals surface area contributed by atoms with Crippen LogP contribution in [0, 0.1) is 0 Å². The molecule has 2 N–H and O–H groups in total. The van der Waals surface area contributed by atoms with Crippen LogP contribution in [0.3, 0.4) is 0 Å². The number of aromatic amines is 1. The first-order valence-corrected chi connectivity index (χ1v) is 4.91. The molecule has 0 amide bonds. The van der Waals surface area contributed by atoms with Crippen LogP contribution in [0.5, 0.6) is 0 Å². The van der Waals surface area contributed by atoms with E-state index in [1.807, 2.05) is 4.90 Å². The number of nitrogens with one attached hydrogen (secondary N) is 1. The van der Waals surface area contributed by atoms with Gasteiger partial charge in [-0.25, -0.2) is 15.0 Å². The molecule has 2 aromatic heterocycles. The molecule has 6 nitrogen and oxygen atoms in total. The summed E-state index contributed by atoms with van der Waals surface area (Å²) in [6, 6.07) is 0. The van der Waals surface area contributed by atoms with E-state index in [0.29, 0.717) is 12.2 Å². The predicted molar refractivity (Wildman–Crippen MR) is 54.5 cm³/mol. The number of imidazole rings is 1. The van der Waals surface area contributed by atoms with Gasteiger partial charge in [0.25, 0.3) is 0 Å². The molecule has 1 aliphatic heterocycles. The zero-order valence-electron chi connectivity index (χ0n) is 8.09. The number of H-pyrrole nitrogens is 1. The third-order valence-corrected chi connectivity index (χ3v) is 2.67. The number of aliphatic hydroxyl groups excluding tert-OH is 1. The number of nitrogens with zero attached hydrogens (tertiary/aromatic N) is 4.